The molecule has 7 heteroatoms. The lowest BCUT2D eigenvalue weighted by Gasteiger charge is -2.12. The molecule has 1 aromatic carbocycles. The number of guanidine groups is 1. The lowest BCUT2D eigenvalue weighted by atomic mass is 10.2. The topological polar surface area (TPSA) is 36.4 Å². The summed E-state index contributed by atoms with van der Waals surface area (Å²) in [6.07, 6.45) is 0. The smallest absolute Gasteiger partial charge is 0.191 e. The highest BCUT2D eigenvalue weighted by atomic mass is 127. The lowest BCUT2D eigenvalue weighted by Crippen LogP contribution is -2.36. The minimum absolute atomic E-state index is 0. The largest absolute Gasteiger partial charge is 0.352 e. The van der Waals surface area contributed by atoms with Crippen LogP contribution < -0.4 is 10.6 Å². The Morgan fingerprint density at radius 1 is 1.29 bits per heavy atom. The summed E-state index contributed by atoms with van der Waals surface area (Å²) in [5.74, 6) is 0.421. The van der Waals surface area contributed by atoms with Gasteiger partial charge in [-0.1, -0.05) is 15.9 Å². The predicted octanol–water partition coefficient (Wildman–Crippen LogP) is 4.13. The number of rotatable bonds is 4. The Morgan fingerprint density at radius 3 is 2.71 bits per heavy atom. The van der Waals surface area contributed by atoms with Crippen molar-refractivity contribution in [3.8, 4) is 0 Å². The molecule has 0 aliphatic heterocycles. The fourth-order valence-electron chi connectivity index (χ4n) is 1.66. The molecule has 0 fully saturated rings. The Morgan fingerprint density at radius 2 is 2.05 bits per heavy atom. The lowest BCUT2D eigenvalue weighted by molar-refractivity contribution is 0.604. The van der Waals surface area contributed by atoms with Gasteiger partial charge in [0.2, 0.25) is 0 Å². The van der Waals surface area contributed by atoms with Crippen molar-refractivity contribution < 1.29 is 4.39 Å². The molecular formula is C14H16BrFIN3S. The molecular weight excluding hydrogens is 468 g/mol. The van der Waals surface area contributed by atoms with Crippen molar-refractivity contribution in [3.63, 3.8) is 0 Å². The third-order valence-corrected chi connectivity index (χ3v) is 3.94. The van der Waals surface area contributed by atoms with Crippen LogP contribution in [0, 0.1) is 5.82 Å². The highest BCUT2D eigenvalue weighted by Crippen LogP contribution is 2.15. The zero-order chi connectivity index (χ0) is 14.4. The Bertz CT molecular complexity index is 590. The molecule has 0 aliphatic carbocycles. The number of nitrogens with one attached hydrogen (secondary N) is 2. The van der Waals surface area contributed by atoms with Crippen LogP contribution in [0.1, 0.15) is 11.1 Å². The van der Waals surface area contributed by atoms with Gasteiger partial charge in [-0.25, -0.2) is 4.39 Å². The molecule has 0 saturated heterocycles. The Kier molecular flexibility index (Phi) is 8.20. The van der Waals surface area contributed by atoms with Crippen LogP contribution in [0.25, 0.3) is 0 Å². The van der Waals surface area contributed by atoms with Crippen molar-refractivity contribution >= 4 is 57.2 Å². The summed E-state index contributed by atoms with van der Waals surface area (Å²) in [4.78, 5) is 4.12. The standard InChI is InChI=1S/C14H15BrFN3S.HI/c1-17-14(18-7-10-4-5-20-9-10)19-8-11-6-12(15)2-3-13(11)16;/h2-6,9H,7-8H2,1H3,(H2,17,18,19);1H. The first-order chi connectivity index (χ1) is 9.69. The first-order valence-corrected chi connectivity index (χ1v) is 7.82. The molecule has 3 nitrogen and oxygen atoms in total. The molecule has 1 aromatic heterocycles. The zero-order valence-corrected chi connectivity index (χ0v) is 16.1. The number of thiophene rings is 1. The zero-order valence-electron chi connectivity index (χ0n) is 11.4. The molecule has 114 valence electrons. The van der Waals surface area contributed by atoms with Gasteiger partial charge in [0, 0.05) is 30.2 Å². The van der Waals surface area contributed by atoms with Gasteiger partial charge in [0.15, 0.2) is 5.96 Å². The second-order valence-electron chi connectivity index (χ2n) is 4.15. The number of halogens is 3. The van der Waals surface area contributed by atoms with Gasteiger partial charge in [-0.05, 0) is 40.6 Å². The SMILES string of the molecule is CN=C(NCc1ccsc1)NCc1cc(Br)ccc1F.I. The van der Waals surface area contributed by atoms with Crippen molar-refractivity contribution in [1.82, 2.24) is 10.6 Å². The van der Waals surface area contributed by atoms with Crippen molar-refractivity contribution in [3.05, 3.63) is 56.4 Å². The predicted molar refractivity (Wildman–Crippen MR) is 101 cm³/mol. The third-order valence-electron chi connectivity index (χ3n) is 2.72. The fraction of sp³-hybridized carbons (Fsp3) is 0.214. The fourth-order valence-corrected chi connectivity index (χ4v) is 2.73. The van der Waals surface area contributed by atoms with E-state index in [-0.39, 0.29) is 29.8 Å². The van der Waals surface area contributed by atoms with E-state index in [1.807, 2.05) is 5.38 Å². The van der Waals surface area contributed by atoms with E-state index in [4.69, 9.17) is 0 Å². The summed E-state index contributed by atoms with van der Waals surface area (Å²) in [5, 5.41) is 10.4. The van der Waals surface area contributed by atoms with Gasteiger partial charge in [-0.15, -0.1) is 24.0 Å². The average Bonchev–Trinajstić information content (AvgIpc) is 2.96. The Balaban J connectivity index is 0.00000220. The summed E-state index contributed by atoms with van der Waals surface area (Å²) in [7, 11) is 1.69. The van der Waals surface area contributed by atoms with Gasteiger partial charge in [0.1, 0.15) is 5.82 Å². The molecule has 0 saturated carbocycles. The first-order valence-electron chi connectivity index (χ1n) is 6.08. The second kappa shape index (κ2) is 9.37. The molecule has 0 amide bonds. The van der Waals surface area contributed by atoms with Crippen molar-refractivity contribution in [2.45, 2.75) is 13.1 Å². The van der Waals surface area contributed by atoms with Crippen LogP contribution >= 0.6 is 51.2 Å². The molecule has 0 radical (unpaired) electrons. The van der Waals surface area contributed by atoms with Gasteiger partial charge < -0.3 is 10.6 Å². The minimum Gasteiger partial charge on any atom is -0.352 e. The van der Waals surface area contributed by atoms with Gasteiger partial charge in [0.05, 0.1) is 0 Å². The number of nitrogens with zero attached hydrogens (tertiary/aromatic N) is 1. The molecule has 0 bridgehead atoms. The van der Waals surface area contributed by atoms with Crippen LogP contribution in [0.5, 0.6) is 0 Å². The van der Waals surface area contributed by atoms with E-state index in [9.17, 15) is 4.39 Å². The molecule has 2 rings (SSSR count). The van der Waals surface area contributed by atoms with E-state index < -0.39 is 0 Å². The van der Waals surface area contributed by atoms with E-state index in [1.165, 1.54) is 11.6 Å². The Hall–Kier alpha value is -0.670. The minimum atomic E-state index is -0.228. The van der Waals surface area contributed by atoms with Crippen LogP contribution in [-0.2, 0) is 13.1 Å². The molecule has 1 heterocycles. The number of hydrogen-bond donors (Lipinski definition) is 2. The summed E-state index contributed by atoms with van der Waals surface area (Å²) in [6, 6.07) is 6.94. The van der Waals surface area contributed by atoms with Gasteiger partial charge in [-0.3, -0.25) is 4.99 Å². The number of hydrogen-bond acceptors (Lipinski definition) is 2. The van der Waals surface area contributed by atoms with Gasteiger partial charge in [0.25, 0.3) is 0 Å². The van der Waals surface area contributed by atoms with Gasteiger partial charge in [-0.2, -0.15) is 11.3 Å². The third kappa shape index (κ3) is 5.91. The van der Waals surface area contributed by atoms with E-state index in [0.717, 1.165) is 4.47 Å². The van der Waals surface area contributed by atoms with E-state index in [1.54, 1.807) is 30.5 Å². The highest BCUT2D eigenvalue weighted by molar-refractivity contribution is 14.0. The maximum absolute atomic E-state index is 13.6. The maximum Gasteiger partial charge on any atom is 0.191 e. The maximum atomic E-state index is 13.6. The summed E-state index contributed by atoms with van der Waals surface area (Å²) >= 11 is 5.00. The van der Waals surface area contributed by atoms with Crippen LogP contribution in [0.15, 0.2) is 44.5 Å². The summed E-state index contributed by atoms with van der Waals surface area (Å²) in [5.41, 5.74) is 1.80. The number of aliphatic imine (C=N–C) groups is 1. The average molecular weight is 484 g/mol. The van der Waals surface area contributed by atoms with Crippen LogP contribution in [-0.4, -0.2) is 13.0 Å². The monoisotopic (exact) mass is 483 g/mol. The molecule has 0 aliphatic rings. The molecule has 2 N–H and O–H groups in total. The molecule has 0 atom stereocenters. The first kappa shape index (κ1) is 18.4. The van der Waals surface area contributed by atoms with Crippen LogP contribution in [0.3, 0.4) is 0 Å². The quantitative estimate of drug-likeness (QED) is 0.389. The summed E-state index contributed by atoms with van der Waals surface area (Å²) < 4.78 is 14.5. The molecule has 0 unspecified atom stereocenters. The van der Waals surface area contributed by atoms with Crippen LogP contribution in [0.2, 0.25) is 0 Å². The van der Waals surface area contributed by atoms with E-state index in [2.05, 4.69) is 43.0 Å². The molecule has 2 aromatic rings. The molecule has 21 heavy (non-hydrogen) atoms. The van der Waals surface area contributed by atoms with E-state index >= 15 is 0 Å². The normalized spacial score (nSPS) is 10.9. The Labute approximate surface area is 153 Å². The number of benzene rings is 1. The van der Waals surface area contributed by atoms with Gasteiger partial charge >= 0.3 is 0 Å². The van der Waals surface area contributed by atoms with Crippen molar-refractivity contribution in [2.24, 2.45) is 4.99 Å². The highest BCUT2D eigenvalue weighted by Gasteiger charge is 2.04. The van der Waals surface area contributed by atoms with Crippen LogP contribution in [0.4, 0.5) is 4.39 Å². The summed E-state index contributed by atoms with van der Waals surface area (Å²) in [6.45, 7) is 1.08. The second-order valence-corrected chi connectivity index (χ2v) is 5.84. The van der Waals surface area contributed by atoms with Crippen molar-refractivity contribution in [2.75, 3.05) is 7.05 Å². The van der Waals surface area contributed by atoms with E-state index in [0.29, 0.717) is 24.6 Å². The molecule has 0 spiro atoms. The van der Waals surface area contributed by atoms with Crippen molar-refractivity contribution in [1.29, 1.82) is 0 Å².